The number of amidine groups is 1. The van der Waals surface area contributed by atoms with Crippen molar-refractivity contribution in [3.8, 4) is 5.75 Å². The van der Waals surface area contributed by atoms with Gasteiger partial charge in [0.25, 0.3) is 12.1 Å². The maximum atomic E-state index is 13.1. The van der Waals surface area contributed by atoms with Gasteiger partial charge >= 0.3 is 0 Å². The number of halogens is 2. The van der Waals surface area contributed by atoms with Crippen molar-refractivity contribution in [2.24, 2.45) is 10.9 Å². The Kier molecular flexibility index (Phi) is 15.5. The van der Waals surface area contributed by atoms with E-state index in [1.165, 1.54) is 5.56 Å². The van der Waals surface area contributed by atoms with Gasteiger partial charge in [-0.05, 0) is 100 Å². The number of aliphatic hydroxyl groups is 1. The number of nitrogens with zero attached hydrogens (tertiary/aromatic N) is 2. The lowest BCUT2D eigenvalue weighted by molar-refractivity contribution is -0.144. The summed E-state index contributed by atoms with van der Waals surface area (Å²) in [6.07, 6.45) is 3.96. The summed E-state index contributed by atoms with van der Waals surface area (Å²) in [5.74, 6) is 1.75. The van der Waals surface area contributed by atoms with Crippen LogP contribution < -0.4 is 10.2 Å². The third-order valence-corrected chi connectivity index (χ3v) is 7.68. The molecule has 9 heteroatoms. The Morgan fingerprint density at radius 3 is 2.37 bits per heavy atom. The number of likely N-dealkylation sites (N-methyl/N-ethyl adjacent to an activating group) is 1. The van der Waals surface area contributed by atoms with Crippen LogP contribution in [0.2, 0.25) is 0 Å². The Balaban J connectivity index is 0.00000141. The quantitative estimate of drug-likeness (QED) is 0.218. The number of ether oxygens (including phenoxy) is 1. The number of amides is 1. The standard InChI is InChI=1S/C28H33Br2N3O4.2C2H6/c1-3-33(13-7-8-18(2)14-19-9-5-4-6-10-19)28(35)27-31-26(32-37-27)21-15-22(29)25(23(30)16-21)36-17-24(34)20-11-12-20;2*1-2/h4-6,9-10,15-16,18,27,34H,3,7-8,11-14,17H2,1-2H3,(H,31,32);2*1-2H3. The van der Waals surface area contributed by atoms with Crippen LogP contribution in [0.25, 0.3) is 0 Å². The molecular weight excluding hydrogens is 650 g/mol. The highest BCUT2D eigenvalue weighted by Gasteiger charge is 2.30. The van der Waals surface area contributed by atoms with Crippen molar-refractivity contribution in [2.45, 2.75) is 79.9 Å². The van der Waals surface area contributed by atoms with Gasteiger partial charge in [-0.3, -0.25) is 4.79 Å². The van der Waals surface area contributed by atoms with Gasteiger partial charge in [-0.25, -0.2) is 15.3 Å². The van der Waals surface area contributed by atoms with E-state index in [4.69, 9.17) is 9.57 Å². The Hall–Kier alpha value is -2.36. The Labute approximate surface area is 262 Å². The van der Waals surface area contributed by atoms with Gasteiger partial charge in [-0.15, -0.1) is 0 Å². The number of nitrogens with one attached hydrogen (secondary N) is 1. The maximum absolute atomic E-state index is 13.1. The van der Waals surface area contributed by atoms with Crippen molar-refractivity contribution in [3.05, 3.63) is 73.9 Å². The van der Waals surface area contributed by atoms with Crippen molar-refractivity contribution >= 4 is 43.6 Å². The van der Waals surface area contributed by atoms with E-state index in [0.717, 1.165) is 43.2 Å². The first-order valence-corrected chi connectivity index (χ1v) is 16.3. The number of carbonyl (C=O) groups excluding carboxylic acids is 1. The summed E-state index contributed by atoms with van der Waals surface area (Å²) in [6.45, 7) is 13.6. The normalized spacial score (nSPS) is 15.8. The number of rotatable bonds is 12. The SMILES string of the molecule is CC.CC.CCN(CCCC(C)Cc1ccccc1)C(=O)C1N=C(c2cc(Br)c(OCC(O)=C3CC3)c(Br)c2)NO1. The molecule has 2 N–H and O–H groups in total. The molecule has 1 aliphatic carbocycles. The molecule has 0 aromatic heterocycles. The second-order valence-corrected chi connectivity index (χ2v) is 11.2. The van der Waals surface area contributed by atoms with Crippen molar-refractivity contribution in [1.82, 2.24) is 10.4 Å². The molecule has 226 valence electrons. The zero-order chi connectivity index (χ0) is 30.4. The number of hydrogen-bond donors (Lipinski definition) is 2. The summed E-state index contributed by atoms with van der Waals surface area (Å²) in [6, 6.07) is 14.2. The van der Waals surface area contributed by atoms with E-state index in [-0.39, 0.29) is 12.5 Å². The minimum absolute atomic E-state index is 0.128. The largest absolute Gasteiger partial charge is 0.509 e. The lowest BCUT2D eigenvalue weighted by atomic mass is 9.96. The topological polar surface area (TPSA) is 83.4 Å². The summed E-state index contributed by atoms with van der Waals surface area (Å²) >= 11 is 7.07. The van der Waals surface area contributed by atoms with E-state index in [0.29, 0.717) is 45.3 Å². The van der Waals surface area contributed by atoms with Gasteiger partial charge in [0.15, 0.2) is 5.84 Å². The maximum Gasteiger partial charge on any atom is 0.277 e. The number of hydroxylamine groups is 1. The molecule has 2 aromatic rings. The predicted molar refractivity (Wildman–Crippen MR) is 174 cm³/mol. The van der Waals surface area contributed by atoms with E-state index < -0.39 is 6.23 Å². The summed E-state index contributed by atoms with van der Waals surface area (Å²) in [5, 5.41) is 9.99. The first kappa shape index (κ1) is 34.8. The smallest absolute Gasteiger partial charge is 0.277 e. The highest BCUT2D eigenvalue weighted by molar-refractivity contribution is 9.11. The highest BCUT2D eigenvalue weighted by Crippen LogP contribution is 2.36. The van der Waals surface area contributed by atoms with E-state index >= 15 is 0 Å². The molecule has 2 unspecified atom stereocenters. The van der Waals surface area contributed by atoms with Crippen LogP contribution in [0.15, 0.2) is 67.7 Å². The first-order valence-electron chi connectivity index (χ1n) is 14.7. The van der Waals surface area contributed by atoms with Gasteiger partial charge in [0.05, 0.1) is 8.95 Å². The van der Waals surface area contributed by atoms with E-state index in [1.54, 1.807) is 4.90 Å². The molecule has 7 nitrogen and oxygen atoms in total. The third kappa shape index (κ3) is 10.8. The number of aliphatic imine (C=N–C) groups is 1. The molecule has 4 rings (SSSR count). The van der Waals surface area contributed by atoms with Crippen molar-refractivity contribution in [2.75, 3.05) is 19.7 Å². The fourth-order valence-electron chi connectivity index (χ4n) is 4.28. The lowest BCUT2D eigenvalue weighted by Crippen LogP contribution is -2.39. The van der Waals surface area contributed by atoms with Crippen LogP contribution in [-0.4, -0.2) is 47.7 Å². The molecule has 0 saturated heterocycles. The molecule has 2 aliphatic rings. The third-order valence-electron chi connectivity index (χ3n) is 6.50. The number of carbonyl (C=O) groups is 1. The minimum atomic E-state index is -0.924. The average molecular weight is 696 g/mol. The van der Waals surface area contributed by atoms with E-state index in [9.17, 15) is 9.90 Å². The van der Waals surface area contributed by atoms with Crippen molar-refractivity contribution < 1.29 is 19.5 Å². The Bertz CT molecular complexity index is 1140. The molecule has 0 radical (unpaired) electrons. The molecule has 1 saturated carbocycles. The number of allylic oxidation sites excluding steroid dienone is 1. The van der Waals surface area contributed by atoms with Gasteiger partial charge in [0, 0.05) is 18.7 Å². The molecule has 1 fully saturated rings. The molecule has 0 spiro atoms. The van der Waals surface area contributed by atoms with Crippen LogP contribution in [-0.2, 0) is 16.1 Å². The molecule has 1 amide bonds. The Morgan fingerprint density at radius 1 is 1.15 bits per heavy atom. The van der Waals surface area contributed by atoms with Crippen LogP contribution in [0.1, 0.15) is 78.4 Å². The van der Waals surface area contributed by atoms with Gasteiger partial charge < -0.3 is 14.7 Å². The van der Waals surface area contributed by atoms with Crippen molar-refractivity contribution in [3.63, 3.8) is 0 Å². The van der Waals surface area contributed by atoms with Gasteiger partial charge in [-0.2, -0.15) is 0 Å². The molecule has 2 atom stereocenters. The average Bonchev–Trinajstić information content (AvgIpc) is 3.73. The zero-order valence-electron chi connectivity index (χ0n) is 25.2. The highest BCUT2D eigenvalue weighted by atomic mass is 79.9. The molecule has 1 heterocycles. The van der Waals surface area contributed by atoms with Gasteiger partial charge in [0.1, 0.15) is 18.1 Å². The molecular formula is C32H45Br2N3O4. The molecule has 2 aromatic carbocycles. The second-order valence-electron chi connectivity index (χ2n) is 9.51. The van der Waals surface area contributed by atoms with E-state index in [2.05, 4.69) is 73.5 Å². The fourth-order valence-corrected chi connectivity index (χ4v) is 5.69. The Morgan fingerprint density at radius 2 is 1.78 bits per heavy atom. The van der Waals surface area contributed by atoms with Crippen LogP contribution >= 0.6 is 31.9 Å². The van der Waals surface area contributed by atoms with Gasteiger partial charge in [0.2, 0.25) is 0 Å². The summed E-state index contributed by atoms with van der Waals surface area (Å²) < 4.78 is 7.18. The second kappa shape index (κ2) is 18.2. The van der Waals surface area contributed by atoms with Crippen LogP contribution in [0.3, 0.4) is 0 Å². The summed E-state index contributed by atoms with van der Waals surface area (Å²) in [4.78, 5) is 25.0. The molecule has 0 bridgehead atoms. The van der Waals surface area contributed by atoms with Crippen LogP contribution in [0.4, 0.5) is 0 Å². The van der Waals surface area contributed by atoms with Gasteiger partial charge in [-0.1, -0.05) is 65.0 Å². The van der Waals surface area contributed by atoms with Crippen LogP contribution in [0.5, 0.6) is 5.75 Å². The van der Waals surface area contributed by atoms with E-state index in [1.807, 2.05) is 52.8 Å². The van der Waals surface area contributed by atoms with Crippen molar-refractivity contribution in [1.29, 1.82) is 0 Å². The van der Waals surface area contributed by atoms with Crippen LogP contribution in [0, 0.1) is 5.92 Å². The monoisotopic (exact) mass is 693 g/mol. The number of aliphatic hydroxyl groups excluding tert-OH is 1. The summed E-state index contributed by atoms with van der Waals surface area (Å²) in [7, 11) is 0. The fraction of sp³-hybridized carbons (Fsp3) is 0.500. The number of benzene rings is 2. The zero-order valence-corrected chi connectivity index (χ0v) is 28.3. The predicted octanol–water partition coefficient (Wildman–Crippen LogP) is 8.36. The minimum Gasteiger partial charge on any atom is -0.509 e. The summed E-state index contributed by atoms with van der Waals surface area (Å²) in [5.41, 5.74) is 5.93. The number of hydrogen-bond acceptors (Lipinski definition) is 6. The first-order chi connectivity index (χ1) is 19.9. The molecule has 1 aliphatic heterocycles. The lowest BCUT2D eigenvalue weighted by Gasteiger charge is -2.23. The molecule has 41 heavy (non-hydrogen) atoms.